The van der Waals surface area contributed by atoms with E-state index in [-0.39, 0.29) is 42.1 Å². The highest BCUT2D eigenvalue weighted by Crippen LogP contribution is 2.46. The predicted octanol–water partition coefficient (Wildman–Crippen LogP) is 2.32. The van der Waals surface area contributed by atoms with Crippen LogP contribution in [0.3, 0.4) is 0 Å². The van der Waals surface area contributed by atoms with Gasteiger partial charge in [0.1, 0.15) is 5.82 Å². The summed E-state index contributed by atoms with van der Waals surface area (Å²) in [5.74, 6) is -1.27. The van der Waals surface area contributed by atoms with Crippen LogP contribution in [-0.4, -0.2) is 39.5 Å². The highest BCUT2D eigenvalue weighted by molar-refractivity contribution is 7.90. The molecule has 4 rings (SSSR count). The summed E-state index contributed by atoms with van der Waals surface area (Å²) in [6, 6.07) is 2.21. The number of halogens is 2. The van der Waals surface area contributed by atoms with Crippen LogP contribution in [0.25, 0.3) is 0 Å². The van der Waals surface area contributed by atoms with Gasteiger partial charge >= 0.3 is 0 Å². The van der Waals surface area contributed by atoms with Crippen LogP contribution in [0.1, 0.15) is 37.2 Å². The Bertz CT molecular complexity index is 766. The van der Waals surface area contributed by atoms with E-state index in [9.17, 15) is 17.2 Å². The van der Waals surface area contributed by atoms with Crippen molar-refractivity contribution < 1.29 is 26.7 Å². The molecule has 1 unspecified atom stereocenters. The van der Waals surface area contributed by atoms with Gasteiger partial charge in [0.05, 0.1) is 18.0 Å². The molecule has 1 aliphatic carbocycles. The van der Waals surface area contributed by atoms with Crippen molar-refractivity contribution in [2.24, 2.45) is 5.92 Å². The molecular formula is C17H21F2NO4S. The molecule has 1 N–H and O–H groups in total. The van der Waals surface area contributed by atoms with Gasteiger partial charge < -0.3 is 9.47 Å². The molecule has 5 nitrogen and oxygen atoms in total. The van der Waals surface area contributed by atoms with Gasteiger partial charge in [-0.05, 0) is 37.8 Å². The molecule has 1 saturated heterocycles. The SMILES string of the molecule is O=S(=O)(NCC[C@@H]1OCCC2c3c(F)ccc(F)c3OC[C@H]21)C1CC1. The lowest BCUT2D eigenvalue weighted by molar-refractivity contribution is -0.0632. The summed E-state index contributed by atoms with van der Waals surface area (Å²) in [5.41, 5.74) is 0.295. The van der Waals surface area contributed by atoms with Crippen LogP contribution in [0.15, 0.2) is 12.1 Å². The summed E-state index contributed by atoms with van der Waals surface area (Å²) in [6.45, 7) is 0.972. The van der Waals surface area contributed by atoms with Crippen molar-refractivity contribution in [1.29, 1.82) is 0 Å². The van der Waals surface area contributed by atoms with Gasteiger partial charge in [-0.1, -0.05) is 0 Å². The summed E-state index contributed by atoms with van der Waals surface area (Å²) in [6.07, 6.45) is 2.29. The lowest BCUT2D eigenvalue weighted by Crippen LogP contribution is -2.43. The molecule has 0 spiro atoms. The Morgan fingerprint density at radius 1 is 1.16 bits per heavy atom. The second kappa shape index (κ2) is 6.48. The Labute approximate surface area is 145 Å². The minimum atomic E-state index is -3.22. The Morgan fingerprint density at radius 3 is 2.68 bits per heavy atom. The Balaban J connectivity index is 1.46. The molecule has 3 aliphatic rings. The topological polar surface area (TPSA) is 64.6 Å². The molecule has 0 radical (unpaired) electrons. The zero-order chi connectivity index (χ0) is 17.6. The van der Waals surface area contributed by atoms with Gasteiger partial charge in [-0.3, -0.25) is 0 Å². The monoisotopic (exact) mass is 373 g/mol. The molecule has 138 valence electrons. The van der Waals surface area contributed by atoms with Crippen LogP contribution in [0.4, 0.5) is 8.78 Å². The highest BCUT2D eigenvalue weighted by atomic mass is 32.2. The Morgan fingerprint density at radius 2 is 1.92 bits per heavy atom. The molecule has 2 heterocycles. The Kier molecular flexibility index (Phi) is 4.45. The smallest absolute Gasteiger partial charge is 0.214 e. The zero-order valence-corrected chi connectivity index (χ0v) is 14.5. The van der Waals surface area contributed by atoms with E-state index < -0.39 is 21.7 Å². The maximum absolute atomic E-state index is 14.3. The van der Waals surface area contributed by atoms with E-state index >= 15 is 0 Å². The summed E-state index contributed by atoms with van der Waals surface area (Å²) in [4.78, 5) is 0. The van der Waals surface area contributed by atoms with Gasteiger partial charge in [0.2, 0.25) is 10.0 Å². The third-order valence-electron chi connectivity index (χ3n) is 5.34. The van der Waals surface area contributed by atoms with Crippen molar-refractivity contribution in [2.75, 3.05) is 19.8 Å². The average Bonchev–Trinajstić information content (AvgIpc) is 3.43. The zero-order valence-electron chi connectivity index (χ0n) is 13.7. The van der Waals surface area contributed by atoms with Crippen LogP contribution in [0.5, 0.6) is 5.75 Å². The molecule has 2 fully saturated rings. The summed E-state index contributed by atoms with van der Waals surface area (Å²) < 4.78 is 65.9. The predicted molar refractivity (Wildman–Crippen MR) is 87.0 cm³/mol. The van der Waals surface area contributed by atoms with Crippen LogP contribution < -0.4 is 9.46 Å². The number of fused-ring (bicyclic) bond motifs is 3. The summed E-state index contributed by atoms with van der Waals surface area (Å²) in [7, 11) is -3.22. The number of nitrogens with one attached hydrogen (secondary N) is 1. The number of sulfonamides is 1. The molecule has 0 bridgehead atoms. The van der Waals surface area contributed by atoms with E-state index in [1.165, 1.54) is 0 Å². The minimum Gasteiger partial charge on any atom is -0.490 e. The van der Waals surface area contributed by atoms with Crippen molar-refractivity contribution in [3.05, 3.63) is 29.3 Å². The van der Waals surface area contributed by atoms with E-state index in [2.05, 4.69) is 4.72 Å². The average molecular weight is 373 g/mol. The van der Waals surface area contributed by atoms with Crippen molar-refractivity contribution in [3.8, 4) is 5.75 Å². The van der Waals surface area contributed by atoms with Gasteiger partial charge in [0.15, 0.2) is 11.6 Å². The first-order chi connectivity index (χ1) is 12.0. The third-order valence-corrected chi connectivity index (χ3v) is 7.29. The van der Waals surface area contributed by atoms with E-state index in [0.29, 0.717) is 25.0 Å². The lowest BCUT2D eigenvalue weighted by atomic mass is 9.76. The van der Waals surface area contributed by atoms with Crippen molar-refractivity contribution >= 4 is 10.0 Å². The normalized spacial score (nSPS) is 28.8. The van der Waals surface area contributed by atoms with Crippen molar-refractivity contribution in [1.82, 2.24) is 4.72 Å². The second-order valence-electron chi connectivity index (χ2n) is 6.98. The number of hydrogen-bond acceptors (Lipinski definition) is 4. The number of ether oxygens (including phenoxy) is 2. The van der Waals surface area contributed by atoms with Gasteiger partial charge in [0, 0.05) is 30.6 Å². The molecule has 0 amide bonds. The molecule has 0 aromatic heterocycles. The standard InChI is InChI=1S/C17H21F2NO4S/c18-13-3-4-14(19)17-16(13)11-6-8-23-15(12(11)9-24-17)5-7-20-25(21,22)10-1-2-10/h3-4,10-12,15,20H,1-2,5-9H2/t11?,12-,15+/m1/s1. The molecule has 3 atom stereocenters. The quantitative estimate of drug-likeness (QED) is 0.860. The maximum atomic E-state index is 14.3. The fourth-order valence-electron chi connectivity index (χ4n) is 3.88. The van der Waals surface area contributed by atoms with E-state index in [1.807, 2.05) is 0 Å². The first kappa shape index (κ1) is 17.2. The van der Waals surface area contributed by atoms with Gasteiger partial charge in [-0.2, -0.15) is 0 Å². The molecule has 1 aromatic rings. The lowest BCUT2D eigenvalue weighted by Gasteiger charge is -2.42. The number of rotatable bonds is 5. The molecule has 25 heavy (non-hydrogen) atoms. The minimum absolute atomic E-state index is 0.0105. The van der Waals surface area contributed by atoms with E-state index in [0.717, 1.165) is 25.0 Å². The van der Waals surface area contributed by atoms with Crippen LogP contribution >= 0.6 is 0 Å². The van der Waals surface area contributed by atoms with E-state index in [4.69, 9.17) is 9.47 Å². The van der Waals surface area contributed by atoms with E-state index in [1.54, 1.807) is 0 Å². The maximum Gasteiger partial charge on any atom is 0.214 e. The highest BCUT2D eigenvalue weighted by Gasteiger charge is 2.42. The van der Waals surface area contributed by atoms with Crippen molar-refractivity contribution in [3.63, 3.8) is 0 Å². The first-order valence-corrected chi connectivity index (χ1v) is 10.2. The molecule has 8 heteroatoms. The second-order valence-corrected chi connectivity index (χ2v) is 9.02. The molecule has 2 aliphatic heterocycles. The van der Waals surface area contributed by atoms with Crippen molar-refractivity contribution in [2.45, 2.75) is 43.0 Å². The number of benzene rings is 1. The molecule has 1 aromatic carbocycles. The van der Waals surface area contributed by atoms with Gasteiger partial charge in [-0.15, -0.1) is 0 Å². The van der Waals surface area contributed by atoms with Gasteiger partial charge in [0.25, 0.3) is 0 Å². The largest absolute Gasteiger partial charge is 0.490 e. The van der Waals surface area contributed by atoms with Crippen LogP contribution in [0, 0.1) is 17.6 Å². The fourth-order valence-corrected chi connectivity index (χ4v) is 5.28. The molecule has 1 saturated carbocycles. The number of hydrogen-bond donors (Lipinski definition) is 1. The van der Waals surface area contributed by atoms with Crippen LogP contribution in [-0.2, 0) is 14.8 Å². The summed E-state index contributed by atoms with van der Waals surface area (Å²) in [5, 5.41) is -0.255. The van der Waals surface area contributed by atoms with Crippen LogP contribution in [0.2, 0.25) is 0 Å². The third kappa shape index (κ3) is 3.27. The fraction of sp³-hybridized carbons (Fsp3) is 0.647. The first-order valence-electron chi connectivity index (χ1n) is 8.68. The van der Waals surface area contributed by atoms with Gasteiger partial charge in [-0.25, -0.2) is 21.9 Å². The molecular weight excluding hydrogens is 352 g/mol. The Hall–Kier alpha value is -1.25. The summed E-state index contributed by atoms with van der Waals surface area (Å²) >= 11 is 0.